The molecule has 88 valence electrons. The van der Waals surface area contributed by atoms with E-state index in [9.17, 15) is 0 Å². The Morgan fingerprint density at radius 1 is 1.25 bits per heavy atom. The number of benzene rings is 1. The Hall–Kier alpha value is -0.670. The average Bonchev–Trinajstić information content (AvgIpc) is 2.33. The van der Waals surface area contributed by atoms with Gasteiger partial charge in [0.1, 0.15) is 0 Å². The Morgan fingerprint density at radius 3 is 2.56 bits per heavy atom. The van der Waals surface area contributed by atoms with E-state index >= 15 is 0 Å². The molecule has 3 heteroatoms. The normalized spacial score (nSPS) is 17.3. The van der Waals surface area contributed by atoms with Gasteiger partial charge in [0.15, 0.2) is 0 Å². The second kappa shape index (κ2) is 6.16. The summed E-state index contributed by atoms with van der Waals surface area (Å²) in [5.41, 5.74) is 2.63. The number of thioether (sulfide) groups is 1. The van der Waals surface area contributed by atoms with Crippen LogP contribution < -0.4 is 5.32 Å². The van der Waals surface area contributed by atoms with Crippen molar-refractivity contribution in [3.05, 3.63) is 29.8 Å². The van der Waals surface area contributed by atoms with Gasteiger partial charge in [-0.25, -0.2) is 0 Å². The molecule has 0 aromatic heterocycles. The van der Waals surface area contributed by atoms with Gasteiger partial charge in [0.05, 0.1) is 0 Å². The molecule has 1 aliphatic rings. The third kappa shape index (κ3) is 3.42. The predicted octanol–water partition coefficient (Wildman–Crippen LogP) is 3.14. The molecule has 1 N–H and O–H groups in total. The Labute approximate surface area is 102 Å². The van der Waals surface area contributed by atoms with E-state index < -0.39 is 0 Å². The van der Waals surface area contributed by atoms with Crippen LogP contribution in [0.1, 0.15) is 18.4 Å². The van der Waals surface area contributed by atoms with Gasteiger partial charge in [0.25, 0.3) is 0 Å². The van der Waals surface area contributed by atoms with E-state index in [0.29, 0.717) is 6.04 Å². The maximum atomic E-state index is 5.35. The lowest BCUT2D eigenvalue weighted by Gasteiger charge is -2.24. The highest BCUT2D eigenvalue weighted by atomic mass is 32.2. The van der Waals surface area contributed by atoms with Crippen LogP contribution in [0.2, 0.25) is 0 Å². The molecule has 16 heavy (non-hydrogen) atoms. The molecule has 0 saturated carbocycles. The Bertz CT molecular complexity index is 306. The Balaban J connectivity index is 1.88. The molecule has 0 radical (unpaired) electrons. The first-order valence-electron chi connectivity index (χ1n) is 5.80. The summed E-state index contributed by atoms with van der Waals surface area (Å²) in [7, 11) is 0. The number of ether oxygens (including phenoxy) is 1. The van der Waals surface area contributed by atoms with Crippen LogP contribution >= 0.6 is 11.8 Å². The molecule has 1 aromatic rings. The number of hydrogen-bond acceptors (Lipinski definition) is 3. The van der Waals surface area contributed by atoms with Crippen molar-refractivity contribution >= 4 is 17.4 Å². The molecule has 1 saturated heterocycles. The number of rotatable bonds is 4. The summed E-state index contributed by atoms with van der Waals surface area (Å²) >= 11 is 1.86. The molecule has 1 aromatic carbocycles. The van der Waals surface area contributed by atoms with E-state index in [1.54, 1.807) is 0 Å². The predicted molar refractivity (Wildman–Crippen MR) is 71.1 cm³/mol. The summed E-state index contributed by atoms with van der Waals surface area (Å²) in [6.45, 7) is 1.78. The van der Waals surface area contributed by atoms with Gasteiger partial charge in [-0.3, -0.25) is 0 Å². The van der Waals surface area contributed by atoms with Gasteiger partial charge in [0.2, 0.25) is 0 Å². The van der Waals surface area contributed by atoms with Gasteiger partial charge in [-0.05, 0) is 36.8 Å². The van der Waals surface area contributed by atoms with E-state index in [0.717, 1.165) is 31.8 Å². The van der Waals surface area contributed by atoms with E-state index in [1.807, 2.05) is 11.8 Å². The van der Waals surface area contributed by atoms with Crippen LogP contribution in [0.3, 0.4) is 0 Å². The maximum Gasteiger partial charge on any atom is 0.0485 e. The summed E-state index contributed by atoms with van der Waals surface area (Å²) in [5.74, 6) is 1.09. The van der Waals surface area contributed by atoms with Crippen molar-refractivity contribution in [1.29, 1.82) is 0 Å². The van der Waals surface area contributed by atoms with Gasteiger partial charge >= 0.3 is 0 Å². The summed E-state index contributed by atoms with van der Waals surface area (Å²) < 4.78 is 5.35. The van der Waals surface area contributed by atoms with Crippen LogP contribution in [0.5, 0.6) is 0 Å². The topological polar surface area (TPSA) is 21.3 Å². The van der Waals surface area contributed by atoms with Crippen LogP contribution in [-0.2, 0) is 10.5 Å². The molecule has 0 atom stereocenters. The quantitative estimate of drug-likeness (QED) is 0.869. The fraction of sp³-hybridized carbons (Fsp3) is 0.538. The SMILES string of the molecule is CSCc1ccc(NC2CCOCC2)cc1. The molecule has 0 amide bonds. The minimum atomic E-state index is 0.583. The van der Waals surface area contributed by atoms with Crippen LogP contribution in [0, 0.1) is 0 Å². The number of hydrogen-bond donors (Lipinski definition) is 1. The van der Waals surface area contributed by atoms with Crippen LogP contribution in [0.25, 0.3) is 0 Å². The van der Waals surface area contributed by atoms with Crippen LogP contribution in [0.15, 0.2) is 24.3 Å². The first kappa shape index (κ1) is 11.8. The third-order valence-corrected chi connectivity index (χ3v) is 3.48. The highest BCUT2D eigenvalue weighted by molar-refractivity contribution is 7.97. The molecule has 1 heterocycles. The fourth-order valence-corrected chi connectivity index (χ4v) is 2.47. The highest BCUT2D eigenvalue weighted by Crippen LogP contribution is 2.17. The van der Waals surface area contributed by atoms with Crippen molar-refractivity contribution in [3.8, 4) is 0 Å². The lowest BCUT2D eigenvalue weighted by Crippen LogP contribution is -2.27. The molecule has 1 fully saturated rings. The van der Waals surface area contributed by atoms with Crippen molar-refractivity contribution < 1.29 is 4.74 Å². The Kier molecular flexibility index (Phi) is 4.55. The molecular formula is C13H19NOS. The minimum absolute atomic E-state index is 0.583. The molecule has 0 aliphatic carbocycles. The van der Waals surface area contributed by atoms with Crippen molar-refractivity contribution in [2.45, 2.75) is 24.6 Å². The van der Waals surface area contributed by atoms with Gasteiger partial charge in [-0.2, -0.15) is 11.8 Å². The summed E-state index contributed by atoms with van der Waals surface area (Å²) in [6, 6.07) is 9.36. The zero-order chi connectivity index (χ0) is 11.2. The molecule has 0 bridgehead atoms. The van der Waals surface area contributed by atoms with E-state index in [4.69, 9.17) is 4.74 Å². The third-order valence-electron chi connectivity index (χ3n) is 2.86. The second-order valence-electron chi connectivity index (χ2n) is 4.16. The maximum absolute atomic E-state index is 5.35. The Morgan fingerprint density at radius 2 is 1.94 bits per heavy atom. The van der Waals surface area contributed by atoms with Gasteiger partial charge in [-0.1, -0.05) is 12.1 Å². The van der Waals surface area contributed by atoms with Gasteiger partial charge in [-0.15, -0.1) is 0 Å². The summed E-state index contributed by atoms with van der Waals surface area (Å²) in [5, 5.41) is 3.56. The monoisotopic (exact) mass is 237 g/mol. The fourth-order valence-electron chi connectivity index (χ4n) is 1.94. The van der Waals surface area contributed by atoms with Gasteiger partial charge < -0.3 is 10.1 Å². The molecule has 1 aliphatic heterocycles. The largest absolute Gasteiger partial charge is 0.382 e. The van der Waals surface area contributed by atoms with E-state index in [2.05, 4.69) is 35.8 Å². The lowest BCUT2D eigenvalue weighted by molar-refractivity contribution is 0.0904. The van der Waals surface area contributed by atoms with Crippen molar-refractivity contribution in [2.24, 2.45) is 0 Å². The van der Waals surface area contributed by atoms with Crippen LogP contribution in [0.4, 0.5) is 5.69 Å². The van der Waals surface area contributed by atoms with Crippen molar-refractivity contribution in [3.63, 3.8) is 0 Å². The molecule has 2 rings (SSSR count). The number of anilines is 1. The first-order valence-corrected chi connectivity index (χ1v) is 7.20. The molecule has 2 nitrogen and oxygen atoms in total. The van der Waals surface area contributed by atoms with Crippen LogP contribution in [-0.4, -0.2) is 25.5 Å². The lowest BCUT2D eigenvalue weighted by atomic mass is 10.1. The molecular weight excluding hydrogens is 218 g/mol. The molecule has 0 unspecified atom stereocenters. The second-order valence-corrected chi connectivity index (χ2v) is 5.03. The minimum Gasteiger partial charge on any atom is -0.382 e. The average molecular weight is 237 g/mol. The highest BCUT2D eigenvalue weighted by Gasteiger charge is 2.12. The number of nitrogens with one attached hydrogen (secondary N) is 1. The smallest absolute Gasteiger partial charge is 0.0485 e. The summed E-state index contributed by atoms with van der Waals surface area (Å²) in [4.78, 5) is 0. The molecule has 0 spiro atoms. The zero-order valence-corrected chi connectivity index (χ0v) is 10.6. The zero-order valence-electron chi connectivity index (χ0n) is 9.74. The first-order chi connectivity index (χ1) is 7.88. The van der Waals surface area contributed by atoms with E-state index in [1.165, 1.54) is 11.3 Å². The van der Waals surface area contributed by atoms with Gasteiger partial charge in [0, 0.05) is 30.7 Å². The standard InChI is InChI=1S/C13H19NOS/c1-16-10-11-2-4-12(5-3-11)14-13-6-8-15-9-7-13/h2-5,13-14H,6-10H2,1H3. The van der Waals surface area contributed by atoms with Crippen molar-refractivity contribution in [1.82, 2.24) is 0 Å². The van der Waals surface area contributed by atoms with Crippen molar-refractivity contribution in [2.75, 3.05) is 24.8 Å². The summed E-state index contributed by atoms with van der Waals surface area (Å²) in [6.07, 6.45) is 4.37. The van der Waals surface area contributed by atoms with E-state index in [-0.39, 0.29) is 0 Å².